The Labute approximate surface area is 186 Å². The van der Waals surface area contributed by atoms with E-state index in [1.807, 2.05) is 0 Å². The van der Waals surface area contributed by atoms with Crippen molar-refractivity contribution in [3.63, 3.8) is 0 Å². The molecule has 4 fully saturated rings. The SMILES string of the molecule is S=C1SCCN1[B-](N1CCSC1=S)(N1CCSC1=S)N1CCSC1=S. The van der Waals surface area contributed by atoms with E-state index in [1.54, 1.807) is 47.0 Å². The standard InChI is InChI=1S/C12H16BN4S8/c18-9-14(1-5-22-9)13(15-2-6-23-10(15)19,16-3-7-24-11(16)20)17-4-8-25-12(17)21/h1-8H2/q-1. The largest absolute Gasteiger partial charge is 0.474 e. The zero-order chi connectivity index (χ0) is 17.6. The van der Waals surface area contributed by atoms with E-state index in [4.69, 9.17) is 48.9 Å². The third kappa shape index (κ3) is 3.14. The Kier molecular flexibility index (Phi) is 6.04. The smallest absolute Gasteiger partial charge is 0.391 e. The summed E-state index contributed by atoms with van der Waals surface area (Å²) in [5, 5.41) is 0. The molecule has 0 aromatic heterocycles. The van der Waals surface area contributed by atoms with Gasteiger partial charge in [-0.2, -0.15) is 0 Å². The zero-order valence-electron chi connectivity index (χ0n) is 13.3. The Morgan fingerprint density at radius 3 is 0.920 bits per heavy atom. The minimum Gasteiger partial charge on any atom is -0.474 e. The van der Waals surface area contributed by atoms with Gasteiger partial charge in [0.2, 0.25) is 0 Å². The van der Waals surface area contributed by atoms with Crippen molar-refractivity contribution in [2.24, 2.45) is 0 Å². The van der Waals surface area contributed by atoms with Gasteiger partial charge in [-0.25, -0.2) is 0 Å². The summed E-state index contributed by atoms with van der Waals surface area (Å²) in [5.74, 6) is 4.05. The van der Waals surface area contributed by atoms with Gasteiger partial charge in [0, 0.05) is 23.0 Å². The Hall–Kier alpha value is 1.02. The lowest BCUT2D eigenvalue weighted by atomic mass is 9.64. The molecule has 0 aromatic rings. The van der Waals surface area contributed by atoms with E-state index in [9.17, 15) is 0 Å². The van der Waals surface area contributed by atoms with Crippen molar-refractivity contribution in [3.05, 3.63) is 0 Å². The van der Waals surface area contributed by atoms with Gasteiger partial charge in [0.25, 0.3) is 0 Å². The minimum atomic E-state index is -1.52. The molecule has 0 atom stereocenters. The van der Waals surface area contributed by atoms with Crippen LogP contribution in [0.15, 0.2) is 0 Å². The van der Waals surface area contributed by atoms with E-state index in [0.717, 1.165) is 66.5 Å². The van der Waals surface area contributed by atoms with Crippen molar-refractivity contribution in [2.75, 3.05) is 49.2 Å². The Balaban J connectivity index is 1.89. The van der Waals surface area contributed by atoms with E-state index in [1.165, 1.54) is 0 Å². The van der Waals surface area contributed by atoms with Crippen molar-refractivity contribution < 1.29 is 0 Å². The normalized spacial score (nSPS) is 25.3. The number of hydrogen-bond donors (Lipinski definition) is 0. The average molecular weight is 484 g/mol. The van der Waals surface area contributed by atoms with Gasteiger partial charge in [-0.3, -0.25) is 0 Å². The molecule has 0 radical (unpaired) electrons. The first-order chi connectivity index (χ1) is 12.1. The molecule has 0 unspecified atom stereocenters. The van der Waals surface area contributed by atoms with E-state index in [0.29, 0.717) is 0 Å². The summed E-state index contributed by atoms with van der Waals surface area (Å²) < 4.78 is 3.77. The highest BCUT2D eigenvalue weighted by Gasteiger charge is 2.55. The quantitative estimate of drug-likeness (QED) is 0.431. The maximum absolute atomic E-state index is 5.79. The molecule has 0 amide bonds. The van der Waals surface area contributed by atoms with Crippen LogP contribution >= 0.6 is 95.9 Å². The van der Waals surface area contributed by atoms with Gasteiger partial charge in [0.1, 0.15) is 17.3 Å². The summed E-state index contributed by atoms with van der Waals surface area (Å²) >= 11 is 30.2. The first-order valence-electron chi connectivity index (χ1n) is 7.98. The first kappa shape index (κ1) is 19.3. The van der Waals surface area contributed by atoms with Crippen LogP contribution in [-0.2, 0) is 0 Å². The fourth-order valence-electron chi connectivity index (χ4n) is 3.89. The lowest BCUT2D eigenvalue weighted by Gasteiger charge is -2.65. The maximum atomic E-state index is 5.79. The van der Waals surface area contributed by atoms with Gasteiger partial charge in [-0.15, -0.1) is 0 Å². The van der Waals surface area contributed by atoms with Gasteiger partial charge in [-0.1, -0.05) is 95.9 Å². The average Bonchev–Trinajstić information content (AvgIpc) is 3.35. The van der Waals surface area contributed by atoms with E-state index < -0.39 is 6.69 Å². The zero-order valence-corrected chi connectivity index (χ0v) is 19.8. The summed E-state index contributed by atoms with van der Waals surface area (Å²) in [6.45, 7) is 2.15. The first-order valence-corrected chi connectivity index (χ1v) is 13.6. The van der Waals surface area contributed by atoms with Crippen molar-refractivity contribution >= 4 is 120 Å². The predicted molar refractivity (Wildman–Crippen MR) is 133 cm³/mol. The van der Waals surface area contributed by atoms with Crippen LogP contribution in [0, 0.1) is 0 Å². The summed E-state index contributed by atoms with van der Waals surface area (Å²) in [5.41, 5.74) is 0. The van der Waals surface area contributed by atoms with Crippen molar-refractivity contribution in [3.8, 4) is 0 Å². The molecule has 0 bridgehead atoms. The maximum Gasteiger partial charge on any atom is 0.391 e. The third-order valence-electron chi connectivity index (χ3n) is 4.84. The third-order valence-corrected chi connectivity index (χ3v) is 10.7. The molecule has 25 heavy (non-hydrogen) atoms. The second-order valence-corrected chi connectivity index (χ2v) is 12.8. The topological polar surface area (TPSA) is 13.0 Å². The molecule has 0 saturated carbocycles. The van der Waals surface area contributed by atoms with Crippen LogP contribution in [0.25, 0.3) is 0 Å². The second kappa shape index (κ2) is 7.80. The van der Waals surface area contributed by atoms with E-state index in [2.05, 4.69) is 19.2 Å². The van der Waals surface area contributed by atoms with Gasteiger partial charge < -0.3 is 19.2 Å². The highest BCUT2D eigenvalue weighted by atomic mass is 32.2. The molecule has 136 valence electrons. The Morgan fingerprint density at radius 1 is 0.520 bits per heavy atom. The molecule has 13 heteroatoms. The van der Waals surface area contributed by atoms with Crippen LogP contribution in [0.3, 0.4) is 0 Å². The Morgan fingerprint density at radius 2 is 0.760 bits per heavy atom. The van der Waals surface area contributed by atoms with Crippen LogP contribution in [-0.4, -0.2) is 92.4 Å². The molecule has 4 aliphatic heterocycles. The van der Waals surface area contributed by atoms with Gasteiger partial charge in [-0.05, 0) is 26.2 Å². The molecule has 4 aliphatic rings. The van der Waals surface area contributed by atoms with Crippen molar-refractivity contribution in [2.45, 2.75) is 0 Å². The van der Waals surface area contributed by atoms with E-state index >= 15 is 0 Å². The number of thiocarbonyl (C=S) groups is 4. The summed E-state index contributed by atoms with van der Waals surface area (Å²) in [4.78, 5) is 9.53. The van der Waals surface area contributed by atoms with Gasteiger partial charge in [0.05, 0.1) is 0 Å². The second-order valence-electron chi connectivity index (χ2n) is 5.92. The fraction of sp³-hybridized carbons (Fsp3) is 0.667. The number of thioether (sulfide) groups is 4. The molecule has 4 rings (SSSR count). The Bertz CT molecular complexity index is 535. The highest BCUT2D eigenvalue weighted by molar-refractivity contribution is 8.25. The fourth-order valence-corrected chi connectivity index (χ4v) is 9.27. The lowest BCUT2D eigenvalue weighted by molar-refractivity contribution is 0.370. The number of rotatable bonds is 4. The molecular weight excluding hydrogens is 468 g/mol. The predicted octanol–water partition coefficient (Wildman–Crippen LogP) is 2.76. The molecule has 0 aromatic carbocycles. The molecule has 4 saturated heterocycles. The van der Waals surface area contributed by atoms with E-state index in [-0.39, 0.29) is 0 Å². The monoisotopic (exact) mass is 483 g/mol. The van der Waals surface area contributed by atoms with Crippen molar-refractivity contribution in [1.29, 1.82) is 0 Å². The molecule has 4 nitrogen and oxygen atoms in total. The molecule has 0 spiro atoms. The van der Waals surface area contributed by atoms with Crippen LogP contribution < -0.4 is 0 Å². The molecule has 0 aliphatic carbocycles. The minimum absolute atomic E-state index is 0.917. The molecule has 0 N–H and O–H groups in total. The van der Waals surface area contributed by atoms with Crippen LogP contribution in [0.2, 0.25) is 0 Å². The molecular formula is C12H16BN4S8-. The van der Waals surface area contributed by atoms with Gasteiger partial charge in [0.15, 0.2) is 0 Å². The van der Waals surface area contributed by atoms with Gasteiger partial charge >= 0.3 is 6.69 Å². The summed E-state index contributed by atoms with van der Waals surface area (Å²) in [6, 6.07) is 0. The highest BCUT2D eigenvalue weighted by Crippen LogP contribution is 2.41. The number of hydrogen-bond acceptors (Lipinski definition) is 8. The number of nitrogens with zero attached hydrogens (tertiary/aromatic N) is 4. The lowest BCUT2D eigenvalue weighted by Crippen LogP contribution is -2.83. The van der Waals surface area contributed by atoms with Crippen molar-refractivity contribution in [1.82, 2.24) is 19.2 Å². The molecule has 4 heterocycles. The van der Waals surface area contributed by atoms with Crippen LogP contribution in [0.5, 0.6) is 0 Å². The van der Waals surface area contributed by atoms with Crippen LogP contribution in [0.4, 0.5) is 0 Å². The summed E-state index contributed by atoms with van der Waals surface area (Å²) in [6.07, 6.45) is 0. The van der Waals surface area contributed by atoms with Crippen LogP contribution in [0.1, 0.15) is 0 Å². The summed E-state index contributed by atoms with van der Waals surface area (Å²) in [7, 11) is 0.